The summed E-state index contributed by atoms with van der Waals surface area (Å²) in [6.45, 7) is 0. The lowest BCUT2D eigenvalue weighted by Gasteiger charge is -1.90. The van der Waals surface area contributed by atoms with E-state index in [1.165, 1.54) is 4.57 Å². The van der Waals surface area contributed by atoms with E-state index in [4.69, 9.17) is 4.55 Å². The van der Waals surface area contributed by atoms with E-state index in [2.05, 4.69) is 0 Å². The largest absolute Gasteiger partial charge is 0.326 e. The highest BCUT2D eigenvalue weighted by molar-refractivity contribution is 7.84. The lowest BCUT2D eigenvalue weighted by atomic mass is 10.5. The molecule has 0 aliphatic rings. The van der Waals surface area contributed by atoms with Crippen LogP contribution in [0.4, 0.5) is 0 Å². The third-order valence-electron chi connectivity index (χ3n) is 1.09. The number of nitrogens with zero attached hydrogens (tertiary/aromatic N) is 1. The second-order valence-corrected chi connectivity index (χ2v) is 3.52. The van der Waals surface area contributed by atoms with E-state index in [-0.39, 0.29) is 0 Å². The highest BCUT2D eigenvalue weighted by atomic mass is 32.2. The van der Waals surface area contributed by atoms with Crippen molar-refractivity contribution in [3.8, 4) is 0 Å². The van der Waals surface area contributed by atoms with Crippen molar-refractivity contribution in [2.24, 2.45) is 0 Å². The normalized spacial score (nSPS) is 11.4. The number of hydrogen-bond acceptors (Lipinski definition) is 2. The maximum Gasteiger partial charge on any atom is 0.326 e. The zero-order valence-electron chi connectivity index (χ0n) is 5.71. The zero-order chi connectivity index (χ0) is 8.32. The van der Waals surface area contributed by atoms with Crippen LogP contribution in [0.1, 0.15) is 0 Å². The van der Waals surface area contributed by atoms with Gasteiger partial charge in [-0.15, -0.1) is 0 Å². The van der Waals surface area contributed by atoms with Crippen LogP contribution < -0.4 is 4.57 Å². The molecular weight excluding hydrogens is 166 g/mol. The lowest BCUT2D eigenvalue weighted by molar-refractivity contribution is -0.678. The number of aromatic nitrogens is 1. The van der Waals surface area contributed by atoms with E-state index < -0.39 is 16.0 Å². The standard InChI is InChI=1S/C6H7NO3S/c8-11(9,10)6-7-4-2-1-3-5-7/h1-5H,6H2/p+1. The van der Waals surface area contributed by atoms with Gasteiger partial charge in [0.25, 0.3) is 5.88 Å². The van der Waals surface area contributed by atoms with E-state index in [9.17, 15) is 8.42 Å². The van der Waals surface area contributed by atoms with Gasteiger partial charge >= 0.3 is 10.1 Å². The summed E-state index contributed by atoms with van der Waals surface area (Å²) < 4.78 is 30.5. The molecule has 0 fully saturated rings. The summed E-state index contributed by atoms with van der Waals surface area (Å²) in [5, 5.41) is 0. The van der Waals surface area contributed by atoms with Crippen LogP contribution in [0, 0.1) is 0 Å². The Bertz CT molecular complexity index is 319. The molecule has 60 valence electrons. The summed E-state index contributed by atoms with van der Waals surface area (Å²) in [5.41, 5.74) is 0. The summed E-state index contributed by atoms with van der Waals surface area (Å²) in [6.07, 6.45) is 3.13. The maximum atomic E-state index is 10.3. The van der Waals surface area contributed by atoms with Gasteiger partial charge in [-0.3, -0.25) is 4.55 Å². The van der Waals surface area contributed by atoms with Gasteiger partial charge in [0.1, 0.15) is 0 Å². The van der Waals surface area contributed by atoms with Crippen molar-refractivity contribution in [2.75, 3.05) is 0 Å². The molecular formula is C6H8NO3S+. The first-order valence-electron chi connectivity index (χ1n) is 2.97. The van der Waals surface area contributed by atoms with Crippen molar-refractivity contribution in [3.63, 3.8) is 0 Å². The minimum Gasteiger partial charge on any atom is -0.281 e. The first kappa shape index (κ1) is 8.16. The predicted octanol–water partition coefficient (Wildman–Crippen LogP) is -0.181. The first-order valence-corrected chi connectivity index (χ1v) is 4.58. The minimum atomic E-state index is -3.91. The molecule has 0 radical (unpaired) electrons. The van der Waals surface area contributed by atoms with Gasteiger partial charge < -0.3 is 0 Å². The topological polar surface area (TPSA) is 58.3 Å². The minimum absolute atomic E-state index is 0.395. The summed E-state index contributed by atoms with van der Waals surface area (Å²) in [6, 6.07) is 5.14. The van der Waals surface area contributed by atoms with Crippen LogP contribution in [0.15, 0.2) is 30.6 Å². The Balaban J connectivity index is 2.82. The van der Waals surface area contributed by atoms with Crippen molar-refractivity contribution >= 4 is 10.1 Å². The van der Waals surface area contributed by atoms with Gasteiger partial charge in [0.2, 0.25) is 0 Å². The molecule has 0 unspecified atom stereocenters. The van der Waals surface area contributed by atoms with E-state index in [1.54, 1.807) is 30.6 Å². The van der Waals surface area contributed by atoms with Crippen LogP contribution in [0.25, 0.3) is 0 Å². The Morgan fingerprint density at radius 1 is 1.18 bits per heavy atom. The Labute approximate surface area is 64.9 Å². The smallest absolute Gasteiger partial charge is 0.281 e. The second kappa shape index (κ2) is 2.98. The molecule has 0 saturated carbocycles. The molecule has 1 heterocycles. The van der Waals surface area contributed by atoms with E-state index in [0.29, 0.717) is 0 Å². The fourth-order valence-electron chi connectivity index (χ4n) is 0.709. The van der Waals surface area contributed by atoms with Crippen LogP contribution in [0.5, 0.6) is 0 Å². The fraction of sp³-hybridized carbons (Fsp3) is 0.167. The van der Waals surface area contributed by atoms with Crippen molar-refractivity contribution in [2.45, 2.75) is 5.88 Å². The van der Waals surface area contributed by atoms with Crippen molar-refractivity contribution < 1.29 is 17.5 Å². The third kappa shape index (κ3) is 3.10. The molecule has 4 nitrogen and oxygen atoms in total. The van der Waals surface area contributed by atoms with Crippen LogP contribution >= 0.6 is 0 Å². The van der Waals surface area contributed by atoms with Crippen molar-refractivity contribution in [3.05, 3.63) is 30.6 Å². The van der Waals surface area contributed by atoms with E-state index in [0.717, 1.165) is 0 Å². The van der Waals surface area contributed by atoms with Gasteiger partial charge in [-0.05, 0) is 0 Å². The molecule has 1 rings (SSSR count). The Hall–Kier alpha value is -0.940. The molecule has 0 spiro atoms. The SMILES string of the molecule is O=S(=O)(O)C[n+]1ccccc1. The van der Waals surface area contributed by atoms with Crippen LogP contribution in [-0.4, -0.2) is 13.0 Å². The summed E-state index contributed by atoms with van der Waals surface area (Å²) in [4.78, 5) is 0. The number of pyridine rings is 1. The van der Waals surface area contributed by atoms with Crippen LogP contribution in [-0.2, 0) is 16.0 Å². The van der Waals surface area contributed by atoms with Crippen LogP contribution in [0.2, 0.25) is 0 Å². The lowest BCUT2D eigenvalue weighted by Crippen LogP contribution is -2.36. The molecule has 11 heavy (non-hydrogen) atoms. The van der Waals surface area contributed by atoms with E-state index in [1.807, 2.05) is 0 Å². The average molecular weight is 174 g/mol. The molecule has 0 bridgehead atoms. The molecule has 0 aliphatic heterocycles. The van der Waals surface area contributed by atoms with Crippen LogP contribution in [0.3, 0.4) is 0 Å². The summed E-state index contributed by atoms with van der Waals surface area (Å²) >= 11 is 0. The molecule has 0 amide bonds. The molecule has 0 saturated heterocycles. The van der Waals surface area contributed by atoms with Gasteiger partial charge in [0.15, 0.2) is 12.4 Å². The van der Waals surface area contributed by atoms with Gasteiger partial charge in [0, 0.05) is 12.1 Å². The quantitative estimate of drug-likeness (QED) is 0.500. The monoisotopic (exact) mass is 174 g/mol. The summed E-state index contributed by atoms with van der Waals surface area (Å²) in [7, 11) is -3.91. The molecule has 0 atom stereocenters. The number of hydrogen-bond donors (Lipinski definition) is 1. The number of rotatable bonds is 2. The third-order valence-corrected chi connectivity index (χ3v) is 1.71. The fourth-order valence-corrected chi connectivity index (χ4v) is 1.26. The zero-order valence-corrected chi connectivity index (χ0v) is 6.53. The predicted molar refractivity (Wildman–Crippen MR) is 38.2 cm³/mol. The molecule has 0 aliphatic carbocycles. The van der Waals surface area contributed by atoms with E-state index >= 15 is 0 Å². The molecule has 0 aromatic carbocycles. The Morgan fingerprint density at radius 3 is 2.18 bits per heavy atom. The molecule has 1 N–H and O–H groups in total. The van der Waals surface area contributed by atoms with Crippen molar-refractivity contribution in [1.29, 1.82) is 0 Å². The van der Waals surface area contributed by atoms with Gasteiger partial charge in [-0.25, -0.2) is 0 Å². The maximum absolute atomic E-state index is 10.3. The van der Waals surface area contributed by atoms with Crippen molar-refractivity contribution in [1.82, 2.24) is 0 Å². The van der Waals surface area contributed by atoms with Gasteiger partial charge in [-0.1, -0.05) is 6.07 Å². The second-order valence-electron chi connectivity index (χ2n) is 2.10. The van der Waals surface area contributed by atoms with Gasteiger partial charge in [-0.2, -0.15) is 13.0 Å². The summed E-state index contributed by atoms with van der Waals surface area (Å²) in [5.74, 6) is -0.395. The highest BCUT2D eigenvalue weighted by Gasteiger charge is 2.10. The highest BCUT2D eigenvalue weighted by Crippen LogP contribution is 1.82. The molecule has 5 heteroatoms. The Morgan fingerprint density at radius 2 is 1.73 bits per heavy atom. The molecule has 1 aromatic heterocycles. The first-order chi connectivity index (χ1) is 5.08. The molecule has 1 aromatic rings. The van der Waals surface area contributed by atoms with Gasteiger partial charge in [0.05, 0.1) is 0 Å². The average Bonchev–Trinajstić information content (AvgIpc) is 1.85. The Kier molecular flexibility index (Phi) is 2.21.